The SMILES string of the molecule is CCOC(=O)CC(O)CN1CC(C)CC1=O. The summed E-state index contributed by atoms with van der Waals surface area (Å²) in [4.78, 5) is 24.1. The van der Waals surface area contributed by atoms with Crippen LogP contribution in [0, 0.1) is 5.92 Å². The predicted molar refractivity (Wildman–Crippen MR) is 57.6 cm³/mol. The van der Waals surface area contributed by atoms with Crippen molar-refractivity contribution in [3.63, 3.8) is 0 Å². The number of likely N-dealkylation sites (tertiary alicyclic amines) is 1. The minimum atomic E-state index is -0.826. The van der Waals surface area contributed by atoms with Crippen molar-refractivity contribution in [2.24, 2.45) is 5.92 Å². The van der Waals surface area contributed by atoms with E-state index in [0.29, 0.717) is 25.5 Å². The average molecular weight is 229 g/mol. The number of hydrogen-bond donors (Lipinski definition) is 1. The second-order valence-corrected chi connectivity index (χ2v) is 4.27. The number of amides is 1. The molecule has 1 aliphatic rings. The molecule has 1 heterocycles. The van der Waals surface area contributed by atoms with Crippen molar-refractivity contribution in [2.75, 3.05) is 19.7 Å². The lowest BCUT2D eigenvalue weighted by atomic mass is 10.2. The fraction of sp³-hybridized carbons (Fsp3) is 0.818. The van der Waals surface area contributed by atoms with Crippen LogP contribution in [0.5, 0.6) is 0 Å². The van der Waals surface area contributed by atoms with Gasteiger partial charge in [-0.25, -0.2) is 0 Å². The molecule has 0 spiro atoms. The van der Waals surface area contributed by atoms with Crippen LogP contribution < -0.4 is 0 Å². The highest BCUT2D eigenvalue weighted by molar-refractivity contribution is 5.78. The van der Waals surface area contributed by atoms with Crippen LogP contribution in [0.25, 0.3) is 0 Å². The van der Waals surface area contributed by atoms with Crippen molar-refractivity contribution in [3.05, 3.63) is 0 Å². The molecule has 5 nitrogen and oxygen atoms in total. The molecule has 1 rings (SSSR count). The van der Waals surface area contributed by atoms with Crippen LogP contribution in [-0.2, 0) is 14.3 Å². The minimum Gasteiger partial charge on any atom is -0.466 e. The van der Waals surface area contributed by atoms with Crippen LogP contribution >= 0.6 is 0 Å². The molecule has 1 aliphatic heterocycles. The molecule has 0 radical (unpaired) electrons. The number of esters is 1. The van der Waals surface area contributed by atoms with Crippen molar-refractivity contribution in [2.45, 2.75) is 32.8 Å². The van der Waals surface area contributed by atoms with Crippen LogP contribution in [0.15, 0.2) is 0 Å². The molecule has 92 valence electrons. The lowest BCUT2D eigenvalue weighted by Gasteiger charge is -2.19. The van der Waals surface area contributed by atoms with E-state index in [1.807, 2.05) is 6.92 Å². The van der Waals surface area contributed by atoms with Gasteiger partial charge in [0, 0.05) is 19.5 Å². The van der Waals surface area contributed by atoms with Gasteiger partial charge in [-0.3, -0.25) is 9.59 Å². The number of nitrogens with zero attached hydrogens (tertiary/aromatic N) is 1. The third kappa shape index (κ3) is 3.81. The maximum Gasteiger partial charge on any atom is 0.308 e. The summed E-state index contributed by atoms with van der Waals surface area (Å²) in [6, 6.07) is 0. The Hall–Kier alpha value is -1.10. The van der Waals surface area contributed by atoms with Crippen molar-refractivity contribution < 1.29 is 19.4 Å². The van der Waals surface area contributed by atoms with E-state index in [2.05, 4.69) is 0 Å². The van der Waals surface area contributed by atoms with Gasteiger partial charge >= 0.3 is 5.97 Å². The zero-order valence-corrected chi connectivity index (χ0v) is 9.81. The first-order valence-corrected chi connectivity index (χ1v) is 5.64. The standard InChI is InChI=1S/C11H19NO4/c1-3-16-11(15)5-9(13)7-12-6-8(2)4-10(12)14/h8-9,13H,3-7H2,1-2H3. The summed E-state index contributed by atoms with van der Waals surface area (Å²) in [5.74, 6) is -0.0348. The van der Waals surface area contributed by atoms with Gasteiger partial charge in [0.15, 0.2) is 0 Å². The molecule has 0 aromatic heterocycles. The highest BCUT2D eigenvalue weighted by Gasteiger charge is 2.28. The molecular weight excluding hydrogens is 210 g/mol. The van der Waals surface area contributed by atoms with Crippen LogP contribution in [-0.4, -0.2) is 47.7 Å². The third-order valence-corrected chi connectivity index (χ3v) is 2.55. The molecule has 0 aromatic carbocycles. The second-order valence-electron chi connectivity index (χ2n) is 4.27. The Morgan fingerprint density at radius 3 is 2.88 bits per heavy atom. The number of carbonyl (C=O) groups is 2. The van der Waals surface area contributed by atoms with Gasteiger partial charge < -0.3 is 14.7 Å². The molecule has 16 heavy (non-hydrogen) atoms. The first-order chi connectivity index (χ1) is 7.52. The molecule has 1 amide bonds. The molecule has 5 heteroatoms. The summed E-state index contributed by atoms with van der Waals surface area (Å²) in [5.41, 5.74) is 0. The van der Waals surface area contributed by atoms with Gasteiger partial charge in [0.2, 0.25) is 5.91 Å². The van der Waals surface area contributed by atoms with Gasteiger partial charge in [-0.2, -0.15) is 0 Å². The molecule has 2 atom stereocenters. The quantitative estimate of drug-likeness (QED) is 0.682. The van der Waals surface area contributed by atoms with E-state index in [1.165, 1.54) is 0 Å². The molecular formula is C11H19NO4. The molecule has 0 bridgehead atoms. The van der Waals surface area contributed by atoms with E-state index in [4.69, 9.17) is 4.74 Å². The lowest BCUT2D eigenvalue weighted by molar-refractivity contribution is -0.146. The third-order valence-electron chi connectivity index (χ3n) is 2.55. The van der Waals surface area contributed by atoms with Gasteiger partial charge in [0.1, 0.15) is 0 Å². The first-order valence-electron chi connectivity index (χ1n) is 5.64. The van der Waals surface area contributed by atoms with Gasteiger partial charge in [-0.15, -0.1) is 0 Å². The van der Waals surface area contributed by atoms with E-state index >= 15 is 0 Å². The Morgan fingerprint density at radius 2 is 2.38 bits per heavy atom. The number of aliphatic hydroxyl groups excluding tert-OH is 1. The fourth-order valence-electron chi connectivity index (χ4n) is 1.88. The highest BCUT2D eigenvalue weighted by Crippen LogP contribution is 2.17. The Bertz CT molecular complexity index is 267. The Morgan fingerprint density at radius 1 is 1.69 bits per heavy atom. The summed E-state index contributed by atoms with van der Waals surface area (Å²) in [7, 11) is 0. The summed E-state index contributed by atoms with van der Waals surface area (Å²) >= 11 is 0. The number of ether oxygens (including phenoxy) is 1. The monoisotopic (exact) mass is 229 g/mol. The molecule has 1 saturated heterocycles. The highest BCUT2D eigenvalue weighted by atomic mass is 16.5. The lowest BCUT2D eigenvalue weighted by Crippen LogP contribution is -2.35. The van der Waals surface area contributed by atoms with Crippen molar-refractivity contribution in [1.82, 2.24) is 4.90 Å². The van der Waals surface area contributed by atoms with Gasteiger partial charge in [0.25, 0.3) is 0 Å². The maximum atomic E-state index is 11.4. The van der Waals surface area contributed by atoms with E-state index in [-0.39, 0.29) is 18.9 Å². The van der Waals surface area contributed by atoms with Gasteiger partial charge in [0.05, 0.1) is 19.1 Å². The van der Waals surface area contributed by atoms with Crippen LogP contribution in [0.3, 0.4) is 0 Å². The summed E-state index contributed by atoms with van der Waals surface area (Å²) in [5, 5.41) is 9.62. The first kappa shape index (κ1) is 13.0. The topological polar surface area (TPSA) is 66.8 Å². The molecule has 2 unspecified atom stereocenters. The summed E-state index contributed by atoms with van der Waals surface area (Å²) in [6.07, 6.45) is -0.341. The maximum absolute atomic E-state index is 11.4. The second kappa shape index (κ2) is 5.84. The van der Waals surface area contributed by atoms with Crippen LogP contribution in [0.2, 0.25) is 0 Å². The number of β-amino-alcohol motifs (C(OH)–C–C–N with tert-alkyl or cyclic N) is 1. The smallest absolute Gasteiger partial charge is 0.308 e. The number of rotatable bonds is 5. The zero-order chi connectivity index (χ0) is 12.1. The van der Waals surface area contributed by atoms with E-state index in [9.17, 15) is 14.7 Å². The number of carbonyl (C=O) groups excluding carboxylic acids is 2. The summed E-state index contributed by atoms with van der Waals surface area (Å²) < 4.78 is 4.72. The number of aliphatic hydroxyl groups is 1. The van der Waals surface area contributed by atoms with Gasteiger partial charge in [-0.1, -0.05) is 6.92 Å². The van der Waals surface area contributed by atoms with Gasteiger partial charge in [-0.05, 0) is 12.8 Å². The van der Waals surface area contributed by atoms with E-state index in [1.54, 1.807) is 11.8 Å². The molecule has 1 fully saturated rings. The molecule has 0 aromatic rings. The molecule has 0 saturated carbocycles. The Balaban J connectivity index is 2.31. The molecule has 1 N–H and O–H groups in total. The van der Waals surface area contributed by atoms with Crippen molar-refractivity contribution >= 4 is 11.9 Å². The Kier molecular flexibility index (Phi) is 4.73. The normalized spacial score (nSPS) is 22.3. The van der Waals surface area contributed by atoms with Crippen LogP contribution in [0.4, 0.5) is 0 Å². The zero-order valence-electron chi connectivity index (χ0n) is 9.81. The van der Waals surface area contributed by atoms with E-state index < -0.39 is 12.1 Å². The van der Waals surface area contributed by atoms with E-state index in [0.717, 1.165) is 0 Å². The van der Waals surface area contributed by atoms with Crippen molar-refractivity contribution in [3.8, 4) is 0 Å². The molecule has 0 aliphatic carbocycles. The number of hydrogen-bond acceptors (Lipinski definition) is 4. The van der Waals surface area contributed by atoms with Crippen LogP contribution in [0.1, 0.15) is 26.7 Å². The predicted octanol–water partition coefficient (Wildman–Crippen LogP) is 0.169. The van der Waals surface area contributed by atoms with Crippen molar-refractivity contribution in [1.29, 1.82) is 0 Å². The Labute approximate surface area is 95.4 Å². The summed E-state index contributed by atoms with van der Waals surface area (Å²) in [6.45, 7) is 4.91. The average Bonchev–Trinajstić information content (AvgIpc) is 2.44. The fourth-order valence-corrected chi connectivity index (χ4v) is 1.88. The largest absolute Gasteiger partial charge is 0.466 e. The minimum absolute atomic E-state index is 0.0496.